The van der Waals surface area contributed by atoms with Gasteiger partial charge in [-0.3, -0.25) is 4.79 Å². The zero-order valence-electron chi connectivity index (χ0n) is 10.6. The lowest BCUT2D eigenvalue weighted by atomic mass is 9.75. The Morgan fingerprint density at radius 3 is 2.61 bits per heavy atom. The van der Waals surface area contributed by atoms with E-state index in [0.29, 0.717) is 12.2 Å². The van der Waals surface area contributed by atoms with Gasteiger partial charge in [0.1, 0.15) is 10.8 Å². The first kappa shape index (κ1) is 13.2. The summed E-state index contributed by atoms with van der Waals surface area (Å²) in [5.41, 5.74) is 0.405. The summed E-state index contributed by atoms with van der Waals surface area (Å²) in [4.78, 5) is 21.9. The van der Waals surface area contributed by atoms with E-state index < -0.39 is 0 Å². The van der Waals surface area contributed by atoms with Crippen molar-refractivity contribution < 1.29 is 4.79 Å². The number of hydrogen-bond acceptors (Lipinski definition) is 4. The molecule has 18 heavy (non-hydrogen) atoms. The topological polar surface area (TPSA) is 58.1 Å². The van der Waals surface area contributed by atoms with Gasteiger partial charge in [-0.2, -0.15) is 0 Å². The average Bonchev–Trinajstić information content (AvgIpc) is 2.27. The van der Waals surface area contributed by atoms with Crippen molar-refractivity contribution in [2.75, 3.05) is 20.6 Å². The maximum absolute atomic E-state index is 11.9. The summed E-state index contributed by atoms with van der Waals surface area (Å²) >= 11 is 5.63. The van der Waals surface area contributed by atoms with Crippen molar-refractivity contribution in [3.8, 4) is 0 Å². The van der Waals surface area contributed by atoms with E-state index in [1.807, 2.05) is 14.1 Å². The van der Waals surface area contributed by atoms with Crippen molar-refractivity contribution in [1.82, 2.24) is 20.2 Å². The van der Waals surface area contributed by atoms with E-state index in [9.17, 15) is 4.79 Å². The maximum atomic E-state index is 11.9. The van der Waals surface area contributed by atoms with Crippen LogP contribution in [0.25, 0.3) is 0 Å². The van der Waals surface area contributed by atoms with E-state index in [0.717, 1.165) is 12.8 Å². The van der Waals surface area contributed by atoms with Crippen LogP contribution in [0, 0.1) is 0 Å². The highest BCUT2D eigenvalue weighted by molar-refractivity contribution is 6.29. The monoisotopic (exact) mass is 268 g/mol. The van der Waals surface area contributed by atoms with Crippen LogP contribution in [0.4, 0.5) is 0 Å². The van der Waals surface area contributed by atoms with Gasteiger partial charge in [-0.1, -0.05) is 11.6 Å². The van der Waals surface area contributed by atoms with Crippen molar-refractivity contribution >= 4 is 17.5 Å². The average molecular weight is 269 g/mol. The van der Waals surface area contributed by atoms with E-state index in [2.05, 4.69) is 20.2 Å². The number of aromatic nitrogens is 2. The van der Waals surface area contributed by atoms with Gasteiger partial charge in [0.2, 0.25) is 0 Å². The molecular weight excluding hydrogens is 252 g/mol. The van der Waals surface area contributed by atoms with Gasteiger partial charge < -0.3 is 10.2 Å². The van der Waals surface area contributed by atoms with Gasteiger partial charge in [0, 0.05) is 12.1 Å². The lowest BCUT2D eigenvalue weighted by Crippen LogP contribution is -2.57. The largest absolute Gasteiger partial charge is 0.349 e. The Hall–Kier alpha value is -1.20. The Morgan fingerprint density at radius 1 is 1.44 bits per heavy atom. The summed E-state index contributed by atoms with van der Waals surface area (Å²) in [6.07, 6.45) is 6.22. The number of hydrogen-bond donors (Lipinski definition) is 1. The molecule has 0 atom stereocenters. The molecule has 0 aromatic carbocycles. The highest BCUT2D eigenvalue weighted by atomic mass is 35.5. The Bertz CT molecular complexity index is 428. The van der Waals surface area contributed by atoms with Crippen LogP contribution < -0.4 is 5.32 Å². The third kappa shape index (κ3) is 2.62. The summed E-state index contributed by atoms with van der Waals surface area (Å²) in [7, 11) is 4.10. The van der Waals surface area contributed by atoms with Gasteiger partial charge in [0.15, 0.2) is 0 Å². The zero-order valence-corrected chi connectivity index (χ0v) is 11.4. The third-order valence-electron chi connectivity index (χ3n) is 3.66. The normalized spacial score (nSPS) is 17.3. The van der Waals surface area contributed by atoms with Crippen LogP contribution in [0.3, 0.4) is 0 Å². The number of carbonyl (C=O) groups excluding carboxylic acids is 1. The molecule has 0 unspecified atom stereocenters. The Kier molecular flexibility index (Phi) is 3.82. The molecule has 1 fully saturated rings. The van der Waals surface area contributed by atoms with Crippen molar-refractivity contribution in [1.29, 1.82) is 0 Å². The summed E-state index contributed by atoms with van der Waals surface area (Å²) in [6, 6.07) is 0. The molecule has 0 aliphatic heterocycles. The lowest BCUT2D eigenvalue weighted by molar-refractivity contribution is 0.0556. The SMILES string of the molecule is CN(C)C1(CNC(=O)c2cnc(Cl)cn2)CCC1. The first-order valence-electron chi connectivity index (χ1n) is 5.97. The standard InChI is InChI=1S/C12H17ClN4O/c1-17(2)12(4-3-5-12)8-16-11(18)9-6-15-10(13)7-14-9/h6-7H,3-5,8H2,1-2H3,(H,16,18). The van der Waals surface area contributed by atoms with Crippen LogP contribution in [0.15, 0.2) is 12.4 Å². The van der Waals surface area contributed by atoms with Crippen molar-refractivity contribution in [2.45, 2.75) is 24.8 Å². The second-order valence-corrected chi connectivity index (χ2v) is 5.27. The van der Waals surface area contributed by atoms with E-state index in [1.165, 1.54) is 18.8 Å². The second-order valence-electron chi connectivity index (χ2n) is 4.88. The molecule has 0 radical (unpaired) electrons. The fourth-order valence-corrected chi connectivity index (χ4v) is 2.23. The molecule has 1 N–H and O–H groups in total. The molecule has 98 valence electrons. The minimum absolute atomic E-state index is 0.107. The smallest absolute Gasteiger partial charge is 0.271 e. The number of halogens is 1. The molecule has 1 aliphatic carbocycles. The van der Waals surface area contributed by atoms with Gasteiger partial charge in [-0.15, -0.1) is 0 Å². The molecule has 0 spiro atoms. The highest BCUT2D eigenvalue weighted by Crippen LogP contribution is 2.35. The Labute approximate surface area is 112 Å². The molecule has 6 heteroatoms. The number of likely N-dealkylation sites (N-methyl/N-ethyl adjacent to an activating group) is 1. The predicted molar refractivity (Wildman–Crippen MR) is 69.6 cm³/mol. The molecule has 1 amide bonds. The summed E-state index contributed by atoms with van der Waals surface area (Å²) in [6.45, 7) is 0.642. The number of carbonyl (C=O) groups is 1. The van der Waals surface area contributed by atoms with E-state index in [4.69, 9.17) is 11.6 Å². The third-order valence-corrected chi connectivity index (χ3v) is 3.86. The molecule has 0 saturated heterocycles. The van der Waals surface area contributed by atoms with Crippen molar-refractivity contribution in [3.63, 3.8) is 0 Å². The Morgan fingerprint density at radius 2 is 2.17 bits per heavy atom. The van der Waals surface area contributed by atoms with Gasteiger partial charge >= 0.3 is 0 Å². The summed E-state index contributed by atoms with van der Waals surface area (Å²) in [5, 5.41) is 3.20. The van der Waals surface area contributed by atoms with Crippen molar-refractivity contribution in [3.05, 3.63) is 23.2 Å². The zero-order chi connectivity index (χ0) is 13.2. The van der Waals surface area contributed by atoms with Crippen LogP contribution in [-0.4, -0.2) is 47.0 Å². The Balaban J connectivity index is 1.94. The van der Waals surface area contributed by atoms with E-state index in [-0.39, 0.29) is 16.6 Å². The first-order chi connectivity index (χ1) is 8.53. The lowest BCUT2D eigenvalue weighted by Gasteiger charge is -2.47. The van der Waals surface area contributed by atoms with E-state index >= 15 is 0 Å². The van der Waals surface area contributed by atoms with Crippen molar-refractivity contribution in [2.24, 2.45) is 0 Å². The second kappa shape index (κ2) is 5.20. The fraction of sp³-hybridized carbons (Fsp3) is 0.583. The van der Waals surface area contributed by atoms with Gasteiger partial charge in [-0.05, 0) is 33.4 Å². The van der Waals surface area contributed by atoms with Crippen LogP contribution in [-0.2, 0) is 0 Å². The van der Waals surface area contributed by atoms with Gasteiger partial charge in [-0.25, -0.2) is 9.97 Å². The van der Waals surface area contributed by atoms with Crippen LogP contribution >= 0.6 is 11.6 Å². The van der Waals surface area contributed by atoms with Crippen LogP contribution in [0.2, 0.25) is 5.15 Å². The van der Waals surface area contributed by atoms with Gasteiger partial charge in [0.05, 0.1) is 12.4 Å². The highest BCUT2D eigenvalue weighted by Gasteiger charge is 2.39. The number of amides is 1. The molecule has 1 aromatic heterocycles. The number of nitrogens with one attached hydrogen (secondary N) is 1. The fourth-order valence-electron chi connectivity index (χ4n) is 2.13. The number of rotatable bonds is 4. The quantitative estimate of drug-likeness (QED) is 0.895. The first-order valence-corrected chi connectivity index (χ1v) is 6.34. The minimum Gasteiger partial charge on any atom is -0.349 e. The van der Waals surface area contributed by atoms with Gasteiger partial charge in [0.25, 0.3) is 5.91 Å². The number of nitrogens with zero attached hydrogens (tertiary/aromatic N) is 3. The summed E-state index contributed by atoms with van der Waals surface area (Å²) in [5.74, 6) is -0.202. The van der Waals surface area contributed by atoms with Crippen LogP contribution in [0.5, 0.6) is 0 Å². The van der Waals surface area contributed by atoms with Crippen LogP contribution in [0.1, 0.15) is 29.8 Å². The molecule has 1 saturated carbocycles. The molecule has 1 heterocycles. The maximum Gasteiger partial charge on any atom is 0.271 e. The molecule has 1 aromatic rings. The predicted octanol–water partition coefficient (Wildman–Crippen LogP) is 1.34. The molecular formula is C12H17ClN4O. The summed E-state index contributed by atoms with van der Waals surface area (Å²) < 4.78 is 0. The minimum atomic E-state index is -0.202. The molecule has 2 rings (SSSR count). The molecule has 1 aliphatic rings. The molecule has 5 nitrogen and oxygen atoms in total. The van der Waals surface area contributed by atoms with E-state index in [1.54, 1.807) is 0 Å². The molecule has 0 bridgehead atoms.